The maximum absolute atomic E-state index is 12.1. The molecule has 7 heteroatoms. The van der Waals surface area contributed by atoms with E-state index in [1.807, 2.05) is 6.07 Å². The first-order valence-electron chi connectivity index (χ1n) is 8.36. The van der Waals surface area contributed by atoms with Gasteiger partial charge in [-0.25, -0.2) is 4.79 Å². The number of carboxylic acid groups (broad SMARTS) is 1. The maximum atomic E-state index is 12.1. The second-order valence-electron chi connectivity index (χ2n) is 6.62. The van der Waals surface area contributed by atoms with Gasteiger partial charge in [-0.3, -0.25) is 4.79 Å². The minimum Gasteiger partial charge on any atom is -0.481 e. The minimum atomic E-state index is -0.900. The molecule has 0 aliphatic heterocycles. The Kier molecular flexibility index (Phi) is 6.39. The summed E-state index contributed by atoms with van der Waals surface area (Å²) in [6.07, 6.45) is 0.307. The number of urea groups is 1. The van der Waals surface area contributed by atoms with Crippen LogP contribution in [-0.2, 0) is 4.79 Å². The van der Waals surface area contributed by atoms with Crippen LogP contribution in [0.25, 0.3) is 0 Å². The van der Waals surface area contributed by atoms with Crippen molar-refractivity contribution in [2.75, 3.05) is 5.32 Å². The van der Waals surface area contributed by atoms with Gasteiger partial charge in [0.2, 0.25) is 0 Å². The van der Waals surface area contributed by atoms with Gasteiger partial charge in [0.1, 0.15) is 11.5 Å². The quantitative estimate of drug-likeness (QED) is 0.682. The number of nitrogens with zero attached hydrogens (tertiary/aromatic N) is 1. The molecule has 7 nitrogen and oxygen atoms in total. The zero-order valence-electron chi connectivity index (χ0n) is 15.2. The summed E-state index contributed by atoms with van der Waals surface area (Å²) in [5.74, 6) is 0.295. The molecule has 2 amide bonds. The molecule has 0 radical (unpaired) electrons. The lowest BCUT2D eigenvalue weighted by Crippen LogP contribution is -2.45. The third-order valence-electron chi connectivity index (χ3n) is 3.75. The van der Waals surface area contributed by atoms with Crippen molar-refractivity contribution in [1.82, 2.24) is 5.32 Å². The first kappa shape index (κ1) is 19.8. The molecule has 2 aromatic carbocycles. The fraction of sp³-hybridized carbons (Fsp3) is 0.250. The second-order valence-corrected chi connectivity index (χ2v) is 6.62. The number of nitrogens with one attached hydrogen (secondary N) is 2. The molecule has 0 aliphatic rings. The Morgan fingerprint density at radius 3 is 2.15 bits per heavy atom. The molecule has 0 aromatic heterocycles. The van der Waals surface area contributed by atoms with E-state index in [9.17, 15) is 9.59 Å². The van der Waals surface area contributed by atoms with Gasteiger partial charge in [0, 0.05) is 17.6 Å². The van der Waals surface area contributed by atoms with Crippen LogP contribution in [-0.4, -0.2) is 22.6 Å². The lowest BCUT2D eigenvalue weighted by atomic mass is 9.99. The molecule has 0 aliphatic carbocycles. The summed E-state index contributed by atoms with van der Waals surface area (Å²) in [5, 5.41) is 23.0. The van der Waals surface area contributed by atoms with Gasteiger partial charge in [0.05, 0.1) is 11.6 Å². The van der Waals surface area contributed by atoms with Crippen molar-refractivity contribution in [2.45, 2.75) is 32.2 Å². The van der Waals surface area contributed by atoms with E-state index in [0.717, 1.165) is 0 Å². The third kappa shape index (κ3) is 6.71. The summed E-state index contributed by atoms with van der Waals surface area (Å²) in [5.41, 5.74) is 0.495. The average Bonchev–Trinajstić information content (AvgIpc) is 2.62. The van der Waals surface area contributed by atoms with E-state index in [-0.39, 0.29) is 6.42 Å². The SMILES string of the molecule is CC(C)(CCC(=O)O)NC(=O)Nc1ccc(Oc2ccc(C#N)cc2)cc1. The first-order chi connectivity index (χ1) is 12.8. The number of carbonyl (C=O) groups excluding carboxylic acids is 1. The van der Waals surface area contributed by atoms with Crippen LogP contribution in [0.4, 0.5) is 10.5 Å². The lowest BCUT2D eigenvalue weighted by Gasteiger charge is -2.25. The highest BCUT2D eigenvalue weighted by Crippen LogP contribution is 2.23. The topological polar surface area (TPSA) is 111 Å². The molecule has 0 unspecified atom stereocenters. The smallest absolute Gasteiger partial charge is 0.319 e. The number of nitriles is 1. The van der Waals surface area contributed by atoms with E-state index in [1.165, 1.54) is 0 Å². The van der Waals surface area contributed by atoms with E-state index in [0.29, 0.717) is 29.2 Å². The van der Waals surface area contributed by atoms with E-state index in [4.69, 9.17) is 15.1 Å². The zero-order chi connectivity index (χ0) is 19.9. The van der Waals surface area contributed by atoms with Crippen molar-refractivity contribution in [3.63, 3.8) is 0 Å². The fourth-order valence-electron chi connectivity index (χ4n) is 2.29. The Morgan fingerprint density at radius 1 is 1.07 bits per heavy atom. The molecular formula is C20H21N3O4. The standard InChI is InChI=1S/C20H21N3O4/c1-20(2,12-11-18(24)25)23-19(26)22-15-5-9-17(10-6-15)27-16-7-3-14(13-21)4-8-16/h3-10H,11-12H2,1-2H3,(H,24,25)(H2,22,23,26). The number of benzene rings is 2. The number of carboxylic acids is 1. The fourth-order valence-corrected chi connectivity index (χ4v) is 2.29. The van der Waals surface area contributed by atoms with Crippen molar-refractivity contribution in [3.8, 4) is 17.6 Å². The average molecular weight is 367 g/mol. The van der Waals surface area contributed by atoms with Crippen molar-refractivity contribution in [1.29, 1.82) is 5.26 Å². The predicted molar refractivity (Wildman–Crippen MR) is 101 cm³/mol. The highest BCUT2D eigenvalue weighted by Gasteiger charge is 2.21. The number of rotatable bonds is 7. The Hall–Kier alpha value is -3.53. The van der Waals surface area contributed by atoms with Gasteiger partial charge in [-0.2, -0.15) is 5.26 Å². The van der Waals surface area contributed by atoms with E-state index in [1.54, 1.807) is 62.4 Å². The van der Waals surface area contributed by atoms with Gasteiger partial charge < -0.3 is 20.5 Å². The Balaban J connectivity index is 1.89. The number of carbonyl (C=O) groups is 2. The number of aliphatic carboxylic acids is 1. The van der Waals surface area contributed by atoms with Crippen LogP contribution in [0.15, 0.2) is 48.5 Å². The highest BCUT2D eigenvalue weighted by molar-refractivity contribution is 5.89. The summed E-state index contributed by atoms with van der Waals surface area (Å²) in [7, 11) is 0. The third-order valence-corrected chi connectivity index (χ3v) is 3.75. The molecule has 2 aromatic rings. The summed E-state index contributed by atoms with van der Waals surface area (Å²) in [4.78, 5) is 22.7. The van der Waals surface area contributed by atoms with Crippen LogP contribution >= 0.6 is 0 Å². The van der Waals surface area contributed by atoms with Gasteiger partial charge >= 0.3 is 12.0 Å². The molecule has 0 atom stereocenters. The van der Waals surface area contributed by atoms with Crippen molar-refractivity contribution in [3.05, 3.63) is 54.1 Å². The number of anilines is 1. The van der Waals surface area contributed by atoms with Gasteiger partial charge in [0.25, 0.3) is 0 Å². The van der Waals surface area contributed by atoms with Crippen LogP contribution in [0, 0.1) is 11.3 Å². The van der Waals surface area contributed by atoms with Crippen LogP contribution in [0.2, 0.25) is 0 Å². The molecule has 140 valence electrons. The normalized spacial score (nSPS) is 10.6. The Morgan fingerprint density at radius 2 is 1.63 bits per heavy atom. The van der Waals surface area contributed by atoms with E-state index in [2.05, 4.69) is 10.6 Å². The summed E-state index contributed by atoms with van der Waals surface area (Å²) in [6, 6.07) is 15.2. The van der Waals surface area contributed by atoms with E-state index >= 15 is 0 Å². The molecule has 0 heterocycles. The van der Waals surface area contributed by atoms with Crippen LogP contribution in [0.1, 0.15) is 32.3 Å². The molecule has 2 rings (SSSR count). The largest absolute Gasteiger partial charge is 0.481 e. The molecule has 0 fully saturated rings. The van der Waals surface area contributed by atoms with Gasteiger partial charge in [0.15, 0.2) is 0 Å². The van der Waals surface area contributed by atoms with Gasteiger partial charge in [-0.05, 0) is 68.8 Å². The Labute approximate surface area is 157 Å². The first-order valence-corrected chi connectivity index (χ1v) is 8.36. The molecule has 0 saturated heterocycles. The monoisotopic (exact) mass is 367 g/mol. The second kappa shape index (κ2) is 8.72. The number of amides is 2. The van der Waals surface area contributed by atoms with Crippen molar-refractivity contribution < 1.29 is 19.4 Å². The summed E-state index contributed by atoms with van der Waals surface area (Å²) in [6.45, 7) is 3.54. The van der Waals surface area contributed by atoms with Crippen molar-refractivity contribution in [2.24, 2.45) is 0 Å². The lowest BCUT2D eigenvalue weighted by molar-refractivity contribution is -0.137. The molecule has 0 bridgehead atoms. The molecule has 0 spiro atoms. The molecule has 0 saturated carbocycles. The van der Waals surface area contributed by atoms with E-state index < -0.39 is 17.5 Å². The van der Waals surface area contributed by atoms with Crippen LogP contribution < -0.4 is 15.4 Å². The number of hydrogen-bond donors (Lipinski definition) is 3. The van der Waals surface area contributed by atoms with Crippen LogP contribution in [0.3, 0.4) is 0 Å². The minimum absolute atomic E-state index is 0.0192. The highest BCUT2D eigenvalue weighted by atomic mass is 16.5. The number of ether oxygens (including phenoxy) is 1. The zero-order valence-corrected chi connectivity index (χ0v) is 15.2. The van der Waals surface area contributed by atoms with Crippen molar-refractivity contribution >= 4 is 17.7 Å². The van der Waals surface area contributed by atoms with Crippen LogP contribution in [0.5, 0.6) is 11.5 Å². The molecule has 27 heavy (non-hydrogen) atoms. The van der Waals surface area contributed by atoms with Gasteiger partial charge in [-0.1, -0.05) is 0 Å². The Bertz CT molecular complexity index is 837. The maximum Gasteiger partial charge on any atom is 0.319 e. The molecule has 3 N–H and O–H groups in total. The summed E-state index contributed by atoms with van der Waals surface area (Å²) < 4.78 is 5.68. The summed E-state index contributed by atoms with van der Waals surface area (Å²) >= 11 is 0. The number of hydrogen-bond acceptors (Lipinski definition) is 4. The molecular weight excluding hydrogens is 346 g/mol. The van der Waals surface area contributed by atoms with Gasteiger partial charge in [-0.15, -0.1) is 0 Å². The predicted octanol–water partition coefficient (Wildman–Crippen LogP) is 4.12.